The molecule has 1 aliphatic heterocycles. The molecule has 2 aliphatic rings. The van der Waals surface area contributed by atoms with Gasteiger partial charge in [0.05, 0.1) is 0 Å². The van der Waals surface area contributed by atoms with Crippen molar-refractivity contribution < 1.29 is 0 Å². The molecule has 0 amide bonds. The first-order chi connectivity index (χ1) is 10.8. The van der Waals surface area contributed by atoms with E-state index in [0.717, 1.165) is 23.4 Å². The van der Waals surface area contributed by atoms with Crippen LogP contribution in [0.5, 0.6) is 0 Å². The van der Waals surface area contributed by atoms with Gasteiger partial charge in [0.25, 0.3) is 0 Å². The molecule has 2 aromatic rings. The molecule has 0 bridgehead atoms. The van der Waals surface area contributed by atoms with Crippen molar-refractivity contribution in [2.45, 2.75) is 38.1 Å². The monoisotopic (exact) mass is 293 g/mol. The Kier molecular flexibility index (Phi) is 3.67. The molecule has 1 saturated heterocycles. The Bertz CT molecular complexity index is 623. The summed E-state index contributed by atoms with van der Waals surface area (Å²) >= 11 is 0. The molecule has 2 fully saturated rings. The lowest BCUT2D eigenvalue weighted by Crippen LogP contribution is -2.29. The van der Waals surface area contributed by atoms with Crippen molar-refractivity contribution in [3.63, 3.8) is 0 Å². The fraction of sp³-hybridized carbons (Fsp3) is 0.474. The van der Waals surface area contributed by atoms with Crippen molar-refractivity contribution in [2.24, 2.45) is 5.92 Å². The van der Waals surface area contributed by atoms with Crippen LogP contribution in [0.4, 0.5) is 0 Å². The van der Waals surface area contributed by atoms with E-state index in [2.05, 4.69) is 46.1 Å². The van der Waals surface area contributed by atoms with Gasteiger partial charge in [-0.1, -0.05) is 24.3 Å². The molecule has 3 atom stereocenters. The summed E-state index contributed by atoms with van der Waals surface area (Å²) in [7, 11) is 0. The van der Waals surface area contributed by atoms with E-state index in [0.29, 0.717) is 0 Å². The Balaban J connectivity index is 1.40. The minimum Gasteiger partial charge on any atom is -0.300 e. The lowest BCUT2D eigenvalue weighted by Gasteiger charge is -2.20. The van der Waals surface area contributed by atoms with Crippen LogP contribution < -0.4 is 0 Å². The van der Waals surface area contributed by atoms with E-state index >= 15 is 0 Å². The topological polar surface area (TPSA) is 29.0 Å². The zero-order valence-electron chi connectivity index (χ0n) is 13.2. The number of hydrogen-bond donors (Lipinski definition) is 0. The molecule has 114 valence electrons. The maximum absolute atomic E-state index is 4.09. The average Bonchev–Trinajstić information content (AvgIpc) is 3.23. The molecule has 0 radical (unpaired) electrons. The van der Waals surface area contributed by atoms with Gasteiger partial charge in [0.15, 0.2) is 0 Å². The van der Waals surface area contributed by atoms with Gasteiger partial charge in [-0.2, -0.15) is 0 Å². The van der Waals surface area contributed by atoms with Crippen LogP contribution in [-0.4, -0.2) is 34.0 Å². The summed E-state index contributed by atoms with van der Waals surface area (Å²) in [5, 5.41) is 0. The molecule has 1 aromatic heterocycles. The van der Waals surface area contributed by atoms with Crippen molar-refractivity contribution in [1.82, 2.24) is 14.9 Å². The molecule has 4 rings (SSSR count). The number of nitrogens with zero attached hydrogens (tertiary/aromatic N) is 3. The second-order valence-electron chi connectivity index (χ2n) is 6.84. The second-order valence-corrected chi connectivity index (χ2v) is 6.84. The Hall–Kier alpha value is -1.74. The van der Waals surface area contributed by atoms with Crippen LogP contribution >= 0.6 is 0 Å². The highest BCUT2D eigenvalue weighted by atomic mass is 15.2. The van der Waals surface area contributed by atoms with E-state index in [-0.39, 0.29) is 0 Å². The fourth-order valence-electron chi connectivity index (χ4n) is 3.79. The molecule has 1 aromatic carbocycles. The van der Waals surface area contributed by atoms with E-state index in [1.165, 1.54) is 43.5 Å². The van der Waals surface area contributed by atoms with Gasteiger partial charge in [0.2, 0.25) is 0 Å². The normalized spacial score (nSPS) is 28.0. The smallest absolute Gasteiger partial charge is 0.115 e. The maximum Gasteiger partial charge on any atom is 0.115 e. The first-order valence-corrected chi connectivity index (χ1v) is 8.40. The molecule has 3 heteroatoms. The predicted octanol–water partition coefficient (Wildman–Crippen LogP) is 3.73. The first kappa shape index (κ1) is 13.9. The van der Waals surface area contributed by atoms with E-state index in [1.54, 1.807) is 6.33 Å². The molecule has 2 heterocycles. The Labute approximate surface area is 132 Å². The Morgan fingerprint density at radius 2 is 1.86 bits per heavy atom. The van der Waals surface area contributed by atoms with Gasteiger partial charge in [-0.3, -0.25) is 0 Å². The molecule has 1 aliphatic carbocycles. The standard InChI is InChI=1S/C19H23N3/c1-14-3-2-8-22(14)12-17-9-19(17)16-6-4-15(5-7-16)18-10-20-13-21-11-18/h4-7,10-11,13-14,17,19H,2-3,8-9,12H2,1H3/t14-,17-,19-/m1/s1. The summed E-state index contributed by atoms with van der Waals surface area (Å²) in [4.78, 5) is 10.9. The van der Waals surface area contributed by atoms with Crippen LogP contribution in [0, 0.1) is 5.92 Å². The number of rotatable bonds is 4. The number of aromatic nitrogens is 2. The second kappa shape index (κ2) is 5.81. The van der Waals surface area contributed by atoms with Gasteiger partial charge in [-0.15, -0.1) is 0 Å². The summed E-state index contributed by atoms with van der Waals surface area (Å²) in [5.74, 6) is 1.64. The van der Waals surface area contributed by atoms with E-state index in [9.17, 15) is 0 Å². The van der Waals surface area contributed by atoms with Crippen LogP contribution in [0.1, 0.15) is 37.7 Å². The zero-order valence-corrected chi connectivity index (χ0v) is 13.2. The lowest BCUT2D eigenvalue weighted by atomic mass is 10.0. The van der Waals surface area contributed by atoms with Crippen molar-refractivity contribution >= 4 is 0 Å². The van der Waals surface area contributed by atoms with Gasteiger partial charge in [-0.25, -0.2) is 9.97 Å². The van der Waals surface area contributed by atoms with Crippen LogP contribution in [-0.2, 0) is 0 Å². The summed E-state index contributed by atoms with van der Waals surface area (Å²) in [6, 6.07) is 9.80. The van der Waals surface area contributed by atoms with Crippen molar-refractivity contribution in [3.05, 3.63) is 48.5 Å². The highest BCUT2D eigenvalue weighted by Crippen LogP contribution is 2.48. The molecule has 0 N–H and O–H groups in total. The molecule has 22 heavy (non-hydrogen) atoms. The molecule has 3 nitrogen and oxygen atoms in total. The third-order valence-corrected chi connectivity index (χ3v) is 5.31. The van der Waals surface area contributed by atoms with E-state index in [4.69, 9.17) is 0 Å². The summed E-state index contributed by atoms with van der Waals surface area (Å²) in [5.41, 5.74) is 3.79. The molecular weight excluding hydrogens is 270 g/mol. The van der Waals surface area contributed by atoms with E-state index < -0.39 is 0 Å². The third kappa shape index (κ3) is 2.78. The quantitative estimate of drug-likeness (QED) is 0.860. The number of likely N-dealkylation sites (tertiary alicyclic amines) is 1. The minimum absolute atomic E-state index is 0.772. The number of hydrogen-bond acceptors (Lipinski definition) is 3. The molecular formula is C19H23N3. The molecule has 0 unspecified atom stereocenters. The maximum atomic E-state index is 4.09. The Morgan fingerprint density at radius 3 is 2.55 bits per heavy atom. The highest BCUT2D eigenvalue weighted by molar-refractivity contribution is 5.61. The Morgan fingerprint density at radius 1 is 1.09 bits per heavy atom. The average molecular weight is 293 g/mol. The van der Waals surface area contributed by atoms with Crippen LogP contribution in [0.2, 0.25) is 0 Å². The van der Waals surface area contributed by atoms with Gasteiger partial charge < -0.3 is 4.90 Å². The van der Waals surface area contributed by atoms with E-state index in [1.807, 2.05) is 12.4 Å². The fourth-order valence-corrected chi connectivity index (χ4v) is 3.79. The van der Waals surface area contributed by atoms with Gasteiger partial charge in [-0.05, 0) is 55.7 Å². The van der Waals surface area contributed by atoms with Gasteiger partial charge in [0.1, 0.15) is 6.33 Å². The third-order valence-electron chi connectivity index (χ3n) is 5.31. The highest BCUT2D eigenvalue weighted by Gasteiger charge is 2.40. The van der Waals surface area contributed by atoms with Crippen molar-refractivity contribution in [3.8, 4) is 11.1 Å². The predicted molar refractivity (Wildman–Crippen MR) is 88.6 cm³/mol. The van der Waals surface area contributed by atoms with Gasteiger partial charge >= 0.3 is 0 Å². The first-order valence-electron chi connectivity index (χ1n) is 8.40. The van der Waals surface area contributed by atoms with Crippen LogP contribution in [0.25, 0.3) is 11.1 Å². The summed E-state index contributed by atoms with van der Waals surface area (Å²) in [6.45, 7) is 4.97. The molecule has 1 saturated carbocycles. The van der Waals surface area contributed by atoms with Crippen molar-refractivity contribution in [1.29, 1.82) is 0 Å². The SMILES string of the molecule is C[C@@H]1CCCN1C[C@H]1C[C@@H]1c1ccc(-c2cncnc2)cc1. The van der Waals surface area contributed by atoms with Crippen LogP contribution in [0.3, 0.4) is 0 Å². The van der Waals surface area contributed by atoms with Gasteiger partial charge in [0, 0.05) is 30.5 Å². The van der Waals surface area contributed by atoms with Crippen molar-refractivity contribution in [2.75, 3.05) is 13.1 Å². The molecule has 0 spiro atoms. The summed E-state index contributed by atoms with van der Waals surface area (Å²) < 4.78 is 0. The minimum atomic E-state index is 0.772. The number of benzene rings is 1. The zero-order chi connectivity index (χ0) is 14.9. The largest absolute Gasteiger partial charge is 0.300 e. The van der Waals surface area contributed by atoms with Crippen LogP contribution in [0.15, 0.2) is 43.0 Å². The lowest BCUT2D eigenvalue weighted by molar-refractivity contribution is 0.256. The summed E-state index contributed by atoms with van der Waals surface area (Å²) in [6.07, 6.45) is 9.44.